The molecule has 0 bridgehead atoms. The highest BCUT2D eigenvalue weighted by molar-refractivity contribution is 8.01. The molecular weight excluding hydrogens is 316 g/mol. The van der Waals surface area contributed by atoms with Crippen LogP contribution in [-0.4, -0.2) is 27.9 Å². The summed E-state index contributed by atoms with van der Waals surface area (Å²) in [5.74, 6) is 0.314. The summed E-state index contributed by atoms with van der Waals surface area (Å²) in [6.45, 7) is 2.11. The van der Waals surface area contributed by atoms with Gasteiger partial charge in [-0.1, -0.05) is 42.2 Å². The lowest BCUT2D eigenvalue weighted by molar-refractivity contribution is -0.113. The molecule has 0 unspecified atom stereocenters. The largest absolute Gasteiger partial charge is 0.357 e. The SMILES string of the molecule is CCc1ccc(NC(=O)CSc2nnc(NC3CC3)s2)cc1. The first-order chi connectivity index (χ1) is 10.7. The van der Waals surface area contributed by atoms with Gasteiger partial charge in [0.25, 0.3) is 0 Å². The van der Waals surface area contributed by atoms with E-state index in [2.05, 4.69) is 27.8 Å². The fourth-order valence-electron chi connectivity index (χ4n) is 1.88. The maximum absolute atomic E-state index is 11.9. The molecule has 1 fully saturated rings. The van der Waals surface area contributed by atoms with E-state index < -0.39 is 0 Å². The normalized spacial score (nSPS) is 13.9. The third-order valence-corrected chi connectivity index (χ3v) is 5.27. The van der Waals surface area contributed by atoms with Gasteiger partial charge in [-0.2, -0.15) is 0 Å². The predicted molar refractivity (Wildman–Crippen MR) is 91.7 cm³/mol. The van der Waals surface area contributed by atoms with Crippen LogP contribution in [0.3, 0.4) is 0 Å². The Morgan fingerprint density at radius 3 is 2.77 bits per heavy atom. The molecule has 0 atom stereocenters. The molecule has 1 saturated carbocycles. The van der Waals surface area contributed by atoms with Gasteiger partial charge < -0.3 is 10.6 Å². The molecule has 22 heavy (non-hydrogen) atoms. The lowest BCUT2D eigenvalue weighted by atomic mass is 10.1. The Hall–Kier alpha value is -1.60. The van der Waals surface area contributed by atoms with E-state index in [9.17, 15) is 4.79 Å². The summed E-state index contributed by atoms with van der Waals surface area (Å²) in [7, 11) is 0. The molecule has 3 rings (SSSR count). The predicted octanol–water partition coefficient (Wildman–Crippen LogP) is 3.41. The minimum absolute atomic E-state index is 0.0267. The standard InChI is InChI=1S/C15H18N4OS2/c1-2-10-3-5-11(6-4-10)16-13(20)9-21-15-19-18-14(22-15)17-12-7-8-12/h3-6,12H,2,7-9H2,1H3,(H,16,20)(H,17,18). The number of anilines is 2. The molecule has 0 saturated heterocycles. The van der Waals surface area contributed by atoms with Gasteiger partial charge in [0, 0.05) is 11.7 Å². The van der Waals surface area contributed by atoms with Gasteiger partial charge >= 0.3 is 0 Å². The van der Waals surface area contributed by atoms with Gasteiger partial charge in [-0.05, 0) is 37.0 Å². The third-order valence-electron chi connectivity index (χ3n) is 3.28. The van der Waals surface area contributed by atoms with Crippen molar-refractivity contribution in [1.82, 2.24) is 10.2 Å². The van der Waals surface area contributed by atoms with Crippen molar-refractivity contribution in [3.05, 3.63) is 29.8 Å². The number of nitrogens with zero attached hydrogens (tertiary/aromatic N) is 2. The first-order valence-electron chi connectivity index (χ1n) is 7.34. The van der Waals surface area contributed by atoms with E-state index >= 15 is 0 Å². The van der Waals surface area contributed by atoms with Gasteiger partial charge in [0.05, 0.1) is 5.75 Å². The van der Waals surface area contributed by atoms with Crippen LogP contribution in [0, 0.1) is 0 Å². The molecule has 2 aromatic rings. The number of benzene rings is 1. The van der Waals surface area contributed by atoms with Crippen LogP contribution < -0.4 is 10.6 Å². The van der Waals surface area contributed by atoms with Crippen LogP contribution in [0.5, 0.6) is 0 Å². The van der Waals surface area contributed by atoms with E-state index in [0.29, 0.717) is 11.8 Å². The number of thioether (sulfide) groups is 1. The molecule has 0 radical (unpaired) electrons. The summed E-state index contributed by atoms with van der Waals surface area (Å²) in [4.78, 5) is 11.9. The van der Waals surface area contributed by atoms with Crippen LogP contribution in [0.2, 0.25) is 0 Å². The zero-order valence-corrected chi connectivity index (χ0v) is 14.0. The number of hydrogen-bond donors (Lipinski definition) is 2. The minimum atomic E-state index is -0.0267. The molecular formula is C15H18N4OS2. The second-order valence-electron chi connectivity index (χ2n) is 5.18. The second-order valence-corrected chi connectivity index (χ2v) is 7.38. The Morgan fingerprint density at radius 1 is 1.32 bits per heavy atom. The fourth-order valence-corrected chi connectivity index (χ4v) is 3.51. The van der Waals surface area contributed by atoms with Crippen LogP contribution >= 0.6 is 23.1 Å². The lowest BCUT2D eigenvalue weighted by Gasteiger charge is -2.05. The monoisotopic (exact) mass is 334 g/mol. The van der Waals surface area contributed by atoms with E-state index in [1.165, 1.54) is 41.5 Å². The smallest absolute Gasteiger partial charge is 0.234 e. The molecule has 0 aliphatic heterocycles. The molecule has 1 amide bonds. The number of nitrogens with one attached hydrogen (secondary N) is 2. The van der Waals surface area contributed by atoms with Crippen LogP contribution in [0.25, 0.3) is 0 Å². The fraction of sp³-hybridized carbons (Fsp3) is 0.400. The molecule has 1 aromatic carbocycles. The Kier molecular flexibility index (Phi) is 4.94. The molecule has 2 N–H and O–H groups in total. The molecule has 0 spiro atoms. The maximum atomic E-state index is 11.9. The Morgan fingerprint density at radius 2 is 2.09 bits per heavy atom. The van der Waals surface area contributed by atoms with Gasteiger partial charge in [-0.15, -0.1) is 10.2 Å². The quantitative estimate of drug-likeness (QED) is 0.760. The highest BCUT2D eigenvalue weighted by Crippen LogP contribution is 2.30. The Balaban J connectivity index is 1.45. The molecule has 5 nitrogen and oxygen atoms in total. The van der Waals surface area contributed by atoms with Gasteiger partial charge in [-0.3, -0.25) is 4.79 Å². The summed E-state index contributed by atoms with van der Waals surface area (Å²) in [6.07, 6.45) is 3.42. The van der Waals surface area contributed by atoms with Gasteiger partial charge in [-0.25, -0.2) is 0 Å². The van der Waals surface area contributed by atoms with E-state index in [0.717, 1.165) is 21.6 Å². The van der Waals surface area contributed by atoms with Crippen molar-refractivity contribution in [2.45, 2.75) is 36.6 Å². The maximum Gasteiger partial charge on any atom is 0.234 e. The van der Waals surface area contributed by atoms with Crippen molar-refractivity contribution in [1.29, 1.82) is 0 Å². The average molecular weight is 334 g/mol. The molecule has 7 heteroatoms. The van der Waals surface area contributed by atoms with Gasteiger partial charge in [0.15, 0.2) is 4.34 Å². The van der Waals surface area contributed by atoms with Crippen LogP contribution in [0.1, 0.15) is 25.3 Å². The Labute approximate surface area is 137 Å². The third kappa shape index (κ3) is 4.45. The summed E-state index contributed by atoms with van der Waals surface area (Å²) < 4.78 is 0.819. The van der Waals surface area contributed by atoms with E-state index in [1.54, 1.807) is 0 Å². The van der Waals surface area contributed by atoms with Crippen molar-refractivity contribution in [2.24, 2.45) is 0 Å². The summed E-state index contributed by atoms with van der Waals surface area (Å²) in [5.41, 5.74) is 2.09. The lowest BCUT2D eigenvalue weighted by Crippen LogP contribution is -2.13. The highest BCUT2D eigenvalue weighted by atomic mass is 32.2. The van der Waals surface area contributed by atoms with Gasteiger partial charge in [0.2, 0.25) is 11.0 Å². The van der Waals surface area contributed by atoms with Crippen molar-refractivity contribution in [2.75, 3.05) is 16.4 Å². The van der Waals surface area contributed by atoms with Crippen molar-refractivity contribution in [3.63, 3.8) is 0 Å². The molecule has 1 heterocycles. The molecule has 1 aromatic heterocycles. The number of carbonyl (C=O) groups excluding carboxylic acids is 1. The zero-order chi connectivity index (χ0) is 15.4. The molecule has 1 aliphatic rings. The number of aryl methyl sites for hydroxylation is 1. The molecule has 1 aliphatic carbocycles. The second kappa shape index (κ2) is 7.11. The minimum Gasteiger partial charge on any atom is -0.357 e. The number of hydrogen-bond acceptors (Lipinski definition) is 6. The summed E-state index contributed by atoms with van der Waals surface area (Å²) >= 11 is 2.92. The molecule has 116 valence electrons. The summed E-state index contributed by atoms with van der Waals surface area (Å²) in [5, 5.41) is 15.2. The van der Waals surface area contributed by atoms with Crippen LogP contribution in [-0.2, 0) is 11.2 Å². The van der Waals surface area contributed by atoms with E-state index in [1.807, 2.05) is 24.3 Å². The number of amides is 1. The highest BCUT2D eigenvalue weighted by Gasteiger charge is 2.22. The Bertz CT molecular complexity index is 637. The first kappa shape index (κ1) is 15.3. The zero-order valence-electron chi connectivity index (χ0n) is 12.3. The topological polar surface area (TPSA) is 66.9 Å². The van der Waals surface area contributed by atoms with Crippen LogP contribution in [0.15, 0.2) is 28.6 Å². The first-order valence-corrected chi connectivity index (χ1v) is 9.15. The summed E-state index contributed by atoms with van der Waals surface area (Å²) in [6, 6.07) is 8.50. The number of carbonyl (C=O) groups is 1. The van der Waals surface area contributed by atoms with Crippen LogP contribution in [0.4, 0.5) is 10.8 Å². The van der Waals surface area contributed by atoms with Crippen molar-refractivity contribution in [3.8, 4) is 0 Å². The van der Waals surface area contributed by atoms with Crippen molar-refractivity contribution >= 4 is 39.8 Å². The number of aromatic nitrogens is 2. The average Bonchev–Trinajstić information content (AvgIpc) is 3.23. The van der Waals surface area contributed by atoms with E-state index in [-0.39, 0.29) is 5.91 Å². The van der Waals surface area contributed by atoms with E-state index in [4.69, 9.17) is 0 Å². The number of rotatable bonds is 7. The van der Waals surface area contributed by atoms with Gasteiger partial charge in [0.1, 0.15) is 0 Å². The van der Waals surface area contributed by atoms with Crippen molar-refractivity contribution < 1.29 is 4.79 Å².